The molecule has 2 aliphatic carbocycles. The van der Waals surface area contributed by atoms with Crippen molar-refractivity contribution in [3.8, 4) is 17.1 Å². The van der Waals surface area contributed by atoms with Crippen LogP contribution in [0.2, 0.25) is 0 Å². The number of H-pyrrole nitrogens is 1. The van der Waals surface area contributed by atoms with Crippen molar-refractivity contribution < 1.29 is 42.1 Å². The van der Waals surface area contributed by atoms with Gasteiger partial charge in [0, 0.05) is 35.7 Å². The van der Waals surface area contributed by atoms with E-state index in [9.17, 15) is 37.4 Å². The number of aliphatic hydroxyl groups is 2. The third kappa shape index (κ3) is 4.95. The number of pyridine rings is 1. The molecule has 1 spiro atoms. The number of rotatable bonds is 5. The van der Waals surface area contributed by atoms with Crippen LogP contribution in [-0.2, 0) is 4.79 Å². The van der Waals surface area contributed by atoms with Crippen LogP contribution in [0.3, 0.4) is 0 Å². The summed E-state index contributed by atoms with van der Waals surface area (Å²) in [5, 5.41) is 29.3. The average molecular weight is 556 g/mol. The van der Waals surface area contributed by atoms with Crippen molar-refractivity contribution in [2.24, 2.45) is 5.92 Å². The highest BCUT2D eigenvalue weighted by atomic mass is 19.4. The first-order valence-corrected chi connectivity index (χ1v) is 12.7. The number of carbonyl (C=O) groups is 2. The van der Waals surface area contributed by atoms with Gasteiger partial charge in [-0.15, -0.1) is 0 Å². The SMILES string of the molecule is COc1cc(-c2cc(C(=O)N3CCC(C(=O)N[C@@H]4CC[C@@](O)(C(F)(F)F)[C@H](O)C4)CC34CC4)[nH]n2)c(F)cn1. The Bertz CT molecular complexity index is 1270. The zero-order valence-electron chi connectivity index (χ0n) is 21.1. The van der Waals surface area contributed by atoms with Gasteiger partial charge in [-0.3, -0.25) is 14.7 Å². The number of aromatic amines is 1. The van der Waals surface area contributed by atoms with Gasteiger partial charge in [0.15, 0.2) is 11.4 Å². The van der Waals surface area contributed by atoms with Crippen LogP contribution in [0, 0.1) is 11.7 Å². The summed E-state index contributed by atoms with van der Waals surface area (Å²) in [6.07, 6.45) is -5.10. The summed E-state index contributed by atoms with van der Waals surface area (Å²) in [7, 11) is 1.40. The first kappa shape index (κ1) is 27.3. The molecule has 2 aromatic rings. The smallest absolute Gasteiger partial charge is 0.419 e. The second-order valence-electron chi connectivity index (χ2n) is 10.7. The Morgan fingerprint density at radius 3 is 2.62 bits per heavy atom. The van der Waals surface area contributed by atoms with Crippen LogP contribution in [0.5, 0.6) is 5.88 Å². The Hall–Kier alpha value is -3.26. The molecule has 2 saturated carbocycles. The fourth-order valence-corrected chi connectivity index (χ4v) is 5.72. The van der Waals surface area contributed by atoms with Gasteiger partial charge >= 0.3 is 6.18 Å². The van der Waals surface area contributed by atoms with Crippen molar-refractivity contribution >= 4 is 11.8 Å². The molecule has 2 aromatic heterocycles. The molecule has 3 aliphatic rings. The lowest BCUT2D eigenvalue weighted by atomic mass is 9.78. The van der Waals surface area contributed by atoms with Gasteiger partial charge in [-0.1, -0.05) is 0 Å². The van der Waals surface area contributed by atoms with Gasteiger partial charge in [-0.2, -0.15) is 18.3 Å². The van der Waals surface area contributed by atoms with E-state index < -0.39 is 54.0 Å². The third-order valence-electron chi connectivity index (χ3n) is 8.24. The molecule has 14 heteroatoms. The number of hydrogen-bond acceptors (Lipinski definition) is 7. The normalized spacial score (nSPS) is 28.3. The number of aromatic nitrogens is 3. The molecule has 10 nitrogen and oxygen atoms in total. The minimum absolute atomic E-state index is 0.118. The molecule has 1 aliphatic heterocycles. The number of amides is 2. The number of alkyl halides is 3. The van der Waals surface area contributed by atoms with E-state index in [0.29, 0.717) is 25.7 Å². The van der Waals surface area contributed by atoms with E-state index in [-0.39, 0.29) is 47.6 Å². The standard InChI is InChI=1S/C25H29F4N5O5/c1-39-20-9-15(16(26)12-30-20)17-10-18(33-32-17)22(37)34-7-3-13(11-23(34)5-6-23)21(36)31-14-2-4-24(38,19(35)8-14)25(27,28)29/h9-10,12-14,19,35,38H,2-8,11H2,1H3,(H,31,36)(H,32,33)/t13?,14-,19-,24+/m1/s1. The van der Waals surface area contributed by atoms with E-state index in [4.69, 9.17) is 4.74 Å². The number of halogens is 4. The van der Waals surface area contributed by atoms with Crippen LogP contribution in [0.4, 0.5) is 17.6 Å². The lowest BCUT2D eigenvalue weighted by Crippen LogP contribution is -2.60. The predicted molar refractivity (Wildman–Crippen MR) is 127 cm³/mol. The summed E-state index contributed by atoms with van der Waals surface area (Å²) in [6.45, 7) is 0.282. The van der Waals surface area contributed by atoms with Gasteiger partial charge in [0.05, 0.1) is 25.1 Å². The van der Waals surface area contributed by atoms with E-state index >= 15 is 0 Å². The Balaban J connectivity index is 1.21. The van der Waals surface area contributed by atoms with Gasteiger partial charge in [-0.05, 0) is 51.0 Å². The van der Waals surface area contributed by atoms with Crippen molar-refractivity contribution in [1.29, 1.82) is 0 Å². The van der Waals surface area contributed by atoms with Crippen LogP contribution in [-0.4, -0.2) is 85.2 Å². The van der Waals surface area contributed by atoms with Crippen LogP contribution in [0.1, 0.15) is 55.4 Å². The molecular formula is C25H29F4N5O5. The molecule has 4 atom stereocenters. The van der Waals surface area contributed by atoms with Gasteiger partial charge in [0.25, 0.3) is 5.91 Å². The van der Waals surface area contributed by atoms with E-state index in [2.05, 4.69) is 20.5 Å². The second kappa shape index (κ2) is 9.73. The summed E-state index contributed by atoms with van der Waals surface area (Å²) in [5.74, 6) is -1.55. The Kier molecular flexibility index (Phi) is 6.82. The topological polar surface area (TPSA) is 141 Å². The number of methoxy groups -OCH3 is 1. The Morgan fingerprint density at radius 1 is 1.23 bits per heavy atom. The monoisotopic (exact) mass is 555 g/mol. The largest absolute Gasteiger partial charge is 0.481 e. The number of aliphatic hydroxyl groups excluding tert-OH is 1. The molecule has 5 rings (SSSR count). The number of hydrogen-bond donors (Lipinski definition) is 4. The maximum atomic E-state index is 14.3. The number of likely N-dealkylation sites (tertiary alicyclic amines) is 1. The molecule has 39 heavy (non-hydrogen) atoms. The van der Waals surface area contributed by atoms with Crippen LogP contribution in [0.25, 0.3) is 11.3 Å². The summed E-state index contributed by atoms with van der Waals surface area (Å²) >= 11 is 0. The molecule has 2 amide bonds. The first-order valence-electron chi connectivity index (χ1n) is 12.7. The molecule has 1 unspecified atom stereocenters. The number of nitrogens with one attached hydrogen (secondary N) is 2. The van der Waals surface area contributed by atoms with Gasteiger partial charge in [0.1, 0.15) is 5.69 Å². The second-order valence-corrected chi connectivity index (χ2v) is 10.7. The summed E-state index contributed by atoms with van der Waals surface area (Å²) < 4.78 is 58.8. The molecule has 3 fully saturated rings. The number of nitrogens with zero attached hydrogens (tertiary/aromatic N) is 3. The van der Waals surface area contributed by atoms with E-state index in [0.717, 1.165) is 6.20 Å². The van der Waals surface area contributed by atoms with E-state index in [1.165, 1.54) is 19.2 Å². The molecule has 0 aromatic carbocycles. The van der Waals surface area contributed by atoms with Gasteiger partial charge in [0.2, 0.25) is 11.8 Å². The Labute approximate surface area is 220 Å². The fourth-order valence-electron chi connectivity index (χ4n) is 5.72. The number of piperidine rings is 1. The highest BCUT2D eigenvalue weighted by Gasteiger charge is 2.60. The molecule has 4 N–H and O–H groups in total. The molecule has 0 bridgehead atoms. The molecule has 212 valence electrons. The van der Waals surface area contributed by atoms with Crippen LogP contribution < -0.4 is 10.1 Å². The zero-order chi connectivity index (χ0) is 28.2. The van der Waals surface area contributed by atoms with Crippen molar-refractivity contribution in [2.45, 2.75) is 74.4 Å². The minimum atomic E-state index is -4.96. The van der Waals surface area contributed by atoms with E-state index in [1.807, 2.05) is 0 Å². The van der Waals surface area contributed by atoms with Crippen molar-refractivity contribution in [3.63, 3.8) is 0 Å². The quantitative estimate of drug-likeness (QED) is 0.415. The lowest BCUT2D eigenvalue weighted by Gasteiger charge is -2.42. The van der Waals surface area contributed by atoms with Gasteiger partial charge in [-0.25, -0.2) is 9.37 Å². The molecule has 1 saturated heterocycles. The van der Waals surface area contributed by atoms with Crippen LogP contribution in [0.15, 0.2) is 18.3 Å². The average Bonchev–Trinajstić information content (AvgIpc) is 3.46. The zero-order valence-corrected chi connectivity index (χ0v) is 21.1. The lowest BCUT2D eigenvalue weighted by molar-refractivity contribution is -0.300. The number of ether oxygens (including phenoxy) is 1. The summed E-state index contributed by atoms with van der Waals surface area (Å²) in [6, 6.07) is 2.13. The number of carbonyl (C=O) groups excluding carboxylic acids is 2. The first-order chi connectivity index (χ1) is 18.4. The minimum Gasteiger partial charge on any atom is -0.481 e. The Morgan fingerprint density at radius 2 is 1.97 bits per heavy atom. The molecular weight excluding hydrogens is 526 g/mol. The van der Waals surface area contributed by atoms with Crippen molar-refractivity contribution in [3.05, 3.63) is 29.8 Å². The molecule has 0 radical (unpaired) electrons. The predicted octanol–water partition coefficient (Wildman–Crippen LogP) is 2.33. The van der Waals surface area contributed by atoms with Crippen molar-refractivity contribution in [2.75, 3.05) is 13.7 Å². The third-order valence-corrected chi connectivity index (χ3v) is 8.24. The molecule has 3 heterocycles. The maximum Gasteiger partial charge on any atom is 0.419 e. The van der Waals surface area contributed by atoms with Gasteiger partial charge < -0.3 is 25.2 Å². The summed E-state index contributed by atoms with van der Waals surface area (Å²) in [4.78, 5) is 31.8. The van der Waals surface area contributed by atoms with Crippen LogP contribution >= 0.6 is 0 Å². The van der Waals surface area contributed by atoms with Crippen molar-refractivity contribution in [1.82, 2.24) is 25.4 Å². The highest BCUT2D eigenvalue weighted by Crippen LogP contribution is 2.50. The van der Waals surface area contributed by atoms with E-state index in [1.54, 1.807) is 4.90 Å². The maximum absolute atomic E-state index is 14.3. The summed E-state index contributed by atoms with van der Waals surface area (Å²) in [5.41, 5.74) is -3.20. The fraction of sp³-hybridized carbons (Fsp3) is 0.600. The highest BCUT2D eigenvalue weighted by molar-refractivity contribution is 5.94.